The highest BCUT2D eigenvalue weighted by Gasteiger charge is 2.35. The van der Waals surface area contributed by atoms with Gasteiger partial charge in [-0.05, 0) is 18.4 Å². The lowest BCUT2D eigenvalue weighted by Gasteiger charge is -2.42. The number of fused-ring (bicyclic) bond motifs is 5. The van der Waals surface area contributed by atoms with Gasteiger partial charge >= 0.3 is 0 Å². The van der Waals surface area contributed by atoms with E-state index in [-0.39, 0.29) is 17.4 Å². The summed E-state index contributed by atoms with van der Waals surface area (Å²) < 4.78 is 3.83. The molecule has 0 aromatic carbocycles. The number of imidazole rings is 1. The molecule has 0 aliphatic carbocycles. The molecule has 5 rings (SSSR count). The van der Waals surface area contributed by atoms with Crippen LogP contribution in [0.4, 0.5) is 0 Å². The summed E-state index contributed by atoms with van der Waals surface area (Å²) in [5.74, 6) is 0.677. The largest absolute Gasteiger partial charge is 0.342 e. The Hall–Kier alpha value is -2.96. The number of pyridine rings is 1. The number of hydrogen-bond donors (Lipinski definition) is 0. The lowest BCUT2D eigenvalue weighted by molar-refractivity contribution is -0.131. The molecule has 26 heavy (non-hydrogen) atoms. The van der Waals surface area contributed by atoms with Crippen LogP contribution in [0.1, 0.15) is 25.0 Å². The van der Waals surface area contributed by atoms with E-state index in [1.54, 1.807) is 31.6 Å². The summed E-state index contributed by atoms with van der Waals surface area (Å²) in [6, 6.07) is 3.78. The highest BCUT2D eigenvalue weighted by Crippen LogP contribution is 2.36. The number of nitrogens with zero attached hydrogens (tertiary/aromatic N) is 5. The standard InChI is InChI=1S/C19H19N5O2/c1-12(25)22-9-13-4-15(11-22)16-5-14(6-19(26)24(16)10-13)17-7-21-18-8-20-2-3-23(17)18/h2-3,5-8,13,15H,4,9-11H2,1H3/t13-,15+/m0/s1. The van der Waals surface area contributed by atoms with E-state index < -0.39 is 0 Å². The second-order valence-corrected chi connectivity index (χ2v) is 7.29. The summed E-state index contributed by atoms with van der Waals surface area (Å²) in [5, 5.41) is 0. The van der Waals surface area contributed by atoms with Gasteiger partial charge in [-0.25, -0.2) is 4.98 Å². The van der Waals surface area contributed by atoms with Gasteiger partial charge in [-0.15, -0.1) is 0 Å². The van der Waals surface area contributed by atoms with Gasteiger partial charge in [0.15, 0.2) is 5.65 Å². The van der Waals surface area contributed by atoms with Gasteiger partial charge < -0.3 is 9.47 Å². The van der Waals surface area contributed by atoms with Crippen molar-refractivity contribution >= 4 is 11.6 Å². The Kier molecular flexibility index (Phi) is 3.25. The van der Waals surface area contributed by atoms with Crippen LogP contribution in [-0.2, 0) is 11.3 Å². The first kappa shape index (κ1) is 15.3. The molecule has 7 heteroatoms. The van der Waals surface area contributed by atoms with E-state index in [2.05, 4.69) is 16.0 Å². The van der Waals surface area contributed by atoms with E-state index in [1.165, 1.54) is 0 Å². The number of piperidine rings is 1. The van der Waals surface area contributed by atoms with Crippen molar-refractivity contribution in [3.63, 3.8) is 0 Å². The fraction of sp³-hybridized carbons (Fsp3) is 0.368. The van der Waals surface area contributed by atoms with Crippen molar-refractivity contribution in [3.8, 4) is 11.3 Å². The Bertz CT molecular complexity index is 1080. The first-order chi connectivity index (χ1) is 12.6. The van der Waals surface area contributed by atoms with Gasteiger partial charge in [-0.1, -0.05) is 0 Å². The molecule has 3 aromatic heterocycles. The zero-order valence-corrected chi connectivity index (χ0v) is 14.5. The van der Waals surface area contributed by atoms with Gasteiger partial charge in [0, 0.05) is 62.2 Å². The van der Waals surface area contributed by atoms with Gasteiger partial charge in [0.2, 0.25) is 5.91 Å². The number of rotatable bonds is 1. The van der Waals surface area contributed by atoms with Crippen LogP contribution in [0.3, 0.4) is 0 Å². The first-order valence-electron chi connectivity index (χ1n) is 8.88. The second kappa shape index (κ2) is 5.52. The summed E-state index contributed by atoms with van der Waals surface area (Å²) >= 11 is 0. The summed E-state index contributed by atoms with van der Waals surface area (Å²) in [4.78, 5) is 35.0. The van der Waals surface area contributed by atoms with Crippen LogP contribution in [-0.4, -0.2) is 42.8 Å². The van der Waals surface area contributed by atoms with E-state index in [0.717, 1.165) is 35.6 Å². The third kappa shape index (κ3) is 2.27. The Morgan fingerprint density at radius 2 is 2.08 bits per heavy atom. The van der Waals surface area contributed by atoms with Gasteiger partial charge in [0.1, 0.15) is 0 Å². The van der Waals surface area contributed by atoms with Crippen molar-refractivity contribution in [2.75, 3.05) is 13.1 Å². The molecular weight excluding hydrogens is 330 g/mol. The third-order valence-electron chi connectivity index (χ3n) is 5.61. The van der Waals surface area contributed by atoms with Crippen molar-refractivity contribution in [1.29, 1.82) is 0 Å². The molecule has 0 radical (unpaired) electrons. The molecule has 0 N–H and O–H groups in total. The fourth-order valence-electron chi connectivity index (χ4n) is 4.42. The molecule has 2 aliphatic heterocycles. The maximum Gasteiger partial charge on any atom is 0.251 e. The molecule has 1 fully saturated rings. The van der Waals surface area contributed by atoms with Gasteiger partial charge in [0.25, 0.3) is 5.56 Å². The van der Waals surface area contributed by atoms with Crippen LogP contribution in [0, 0.1) is 5.92 Å². The van der Waals surface area contributed by atoms with E-state index >= 15 is 0 Å². The number of carbonyl (C=O) groups excluding carboxylic acids is 1. The summed E-state index contributed by atoms with van der Waals surface area (Å²) in [5.41, 5.74) is 3.54. The van der Waals surface area contributed by atoms with Crippen LogP contribution < -0.4 is 5.56 Å². The summed E-state index contributed by atoms with van der Waals surface area (Å²) in [6.07, 6.45) is 8.06. The molecular formula is C19H19N5O2. The second-order valence-electron chi connectivity index (χ2n) is 7.29. The molecule has 3 aromatic rings. The Morgan fingerprint density at radius 3 is 2.92 bits per heavy atom. The number of aromatic nitrogens is 4. The van der Waals surface area contributed by atoms with E-state index in [1.807, 2.05) is 20.1 Å². The first-order valence-corrected chi connectivity index (χ1v) is 8.88. The maximum absolute atomic E-state index is 12.8. The number of likely N-dealkylation sites (tertiary alicyclic amines) is 1. The van der Waals surface area contributed by atoms with Crippen molar-refractivity contribution in [1.82, 2.24) is 23.8 Å². The number of hydrogen-bond acceptors (Lipinski definition) is 4. The minimum Gasteiger partial charge on any atom is -0.342 e. The Balaban J connectivity index is 1.64. The third-order valence-corrected chi connectivity index (χ3v) is 5.61. The zero-order chi connectivity index (χ0) is 17.8. The van der Waals surface area contributed by atoms with Crippen LogP contribution >= 0.6 is 0 Å². The van der Waals surface area contributed by atoms with Crippen molar-refractivity contribution in [3.05, 3.63) is 53.0 Å². The predicted octanol–water partition coefficient (Wildman–Crippen LogP) is 1.52. The van der Waals surface area contributed by atoms with Crippen LogP contribution in [0.5, 0.6) is 0 Å². The normalized spacial score (nSPS) is 21.7. The molecule has 1 saturated heterocycles. The SMILES string of the molecule is CC(=O)N1C[C@@H]2C[C@H](C1)c1cc(-c3cnc4cnccn34)cc(=O)n1C2. The molecule has 5 heterocycles. The van der Waals surface area contributed by atoms with Crippen molar-refractivity contribution < 1.29 is 4.79 Å². The van der Waals surface area contributed by atoms with Crippen LogP contribution in [0.2, 0.25) is 0 Å². The lowest BCUT2D eigenvalue weighted by Crippen LogP contribution is -2.48. The van der Waals surface area contributed by atoms with Gasteiger partial charge in [0.05, 0.1) is 18.1 Å². The molecule has 0 unspecified atom stereocenters. The van der Waals surface area contributed by atoms with Crippen LogP contribution in [0.15, 0.2) is 41.7 Å². The smallest absolute Gasteiger partial charge is 0.251 e. The minimum atomic E-state index is 0.0208. The fourth-order valence-corrected chi connectivity index (χ4v) is 4.42. The number of carbonyl (C=O) groups is 1. The zero-order valence-electron chi connectivity index (χ0n) is 14.5. The number of amides is 1. The highest BCUT2D eigenvalue weighted by atomic mass is 16.2. The summed E-state index contributed by atoms with van der Waals surface area (Å²) in [7, 11) is 0. The van der Waals surface area contributed by atoms with E-state index in [0.29, 0.717) is 19.0 Å². The monoisotopic (exact) mass is 349 g/mol. The van der Waals surface area contributed by atoms with E-state index in [9.17, 15) is 9.59 Å². The molecule has 1 amide bonds. The highest BCUT2D eigenvalue weighted by molar-refractivity contribution is 5.73. The molecule has 0 saturated carbocycles. The summed E-state index contributed by atoms with van der Waals surface area (Å²) in [6.45, 7) is 3.74. The quantitative estimate of drug-likeness (QED) is 0.668. The molecule has 2 bridgehead atoms. The molecule has 2 atom stereocenters. The Morgan fingerprint density at radius 1 is 1.19 bits per heavy atom. The molecule has 0 spiro atoms. The average molecular weight is 349 g/mol. The van der Waals surface area contributed by atoms with Crippen molar-refractivity contribution in [2.45, 2.75) is 25.8 Å². The Labute approximate surface area is 149 Å². The average Bonchev–Trinajstić information content (AvgIpc) is 3.06. The molecule has 7 nitrogen and oxygen atoms in total. The topological polar surface area (TPSA) is 72.5 Å². The van der Waals surface area contributed by atoms with Crippen molar-refractivity contribution in [2.24, 2.45) is 5.92 Å². The van der Waals surface area contributed by atoms with Gasteiger partial charge in [-0.2, -0.15) is 0 Å². The minimum absolute atomic E-state index is 0.0208. The maximum atomic E-state index is 12.8. The van der Waals surface area contributed by atoms with Gasteiger partial charge in [-0.3, -0.25) is 19.0 Å². The molecule has 132 valence electrons. The van der Waals surface area contributed by atoms with E-state index in [4.69, 9.17) is 0 Å². The predicted molar refractivity (Wildman–Crippen MR) is 95.8 cm³/mol. The molecule has 2 aliphatic rings. The lowest BCUT2D eigenvalue weighted by atomic mass is 9.82. The van der Waals surface area contributed by atoms with Crippen LogP contribution in [0.25, 0.3) is 16.9 Å².